The van der Waals surface area contributed by atoms with Crippen LogP contribution in [0.1, 0.15) is 29.2 Å². The summed E-state index contributed by atoms with van der Waals surface area (Å²) >= 11 is 0.890. The zero-order valence-corrected chi connectivity index (χ0v) is 20.4. The Balaban J connectivity index is 1.47. The number of rotatable bonds is 8. The summed E-state index contributed by atoms with van der Waals surface area (Å²) in [7, 11) is 0. The van der Waals surface area contributed by atoms with Crippen molar-refractivity contribution in [1.82, 2.24) is 4.72 Å². The minimum Gasteiger partial charge on any atom is -0.406 e. The van der Waals surface area contributed by atoms with E-state index in [4.69, 9.17) is 4.84 Å². The van der Waals surface area contributed by atoms with Gasteiger partial charge in [0.15, 0.2) is 5.75 Å². The van der Waals surface area contributed by atoms with Crippen LogP contribution in [-0.4, -0.2) is 24.3 Å². The number of oxime groups is 1. The van der Waals surface area contributed by atoms with Crippen LogP contribution >= 0.6 is 12.1 Å². The van der Waals surface area contributed by atoms with Gasteiger partial charge in [-0.3, -0.25) is 4.72 Å². The van der Waals surface area contributed by atoms with Crippen LogP contribution in [0, 0.1) is 13.8 Å². The fourth-order valence-corrected chi connectivity index (χ4v) is 3.35. The Bertz CT molecular complexity index is 1220. The van der Waals surface area contributed by atoms with Gasteiger partial charge in [0.25, 0.3) is 0 Å². The molecule has 3 aromatic carbocycles. The summed E-state index contributed by atoms with van der Waals surface area (Å²) in [6.07, 6.45) is -3.16. The molecular weight excluding hydrogens is 493 g/mol. The fraction of sp³-hybridized carbons (Fsp3) is 0.160. The van der Waals surface area contributed by atoms with E-state index < -0.39 is 6.36 Å². The van der Waals surface area contributed by atoms with Gasteiger partial charge >= 0.3 is 12.4 Å². The van der Waals surface area contributed by atoms with Crippen LogP contribution in [-0.2, 0) is 0 Å². The molecule has 0 spiro atoms. The van der Waals surface area contributed by atoms with E-state index in [0.717, 1.165) is 34.5 Å². The van der Waals surface area contributed by atoms with E-state index in [1.165, 1.54) is 24.3 Å². The van der Waals surface area contributed by atoms with Crippen LogP contribution in [0.4, 0.5) is 23.7 Å². The molecule has 0 radical (unpaired) electrons. The van der Waals surface area contributed by atoms with Gasteiger partial charge in [-0.05, 0) is 91.6 Å². The van der Waals surface area contributed by atoms with E-state index in [1.54, 1.807) is 37.4 Å². The number of carbonyl (C=O) groups is 1. The van der Waals surface area contributed by atoms with Crippen molar-refractivity contribution in [3.63, 3.8) is 0 Å². The van der Waals surface area contributed by atoms with Gasteiger partial charge in [-0.1, -0.05) is 23.4 Å². The third kappa shape index (κ3) is 8.35. The number of amides is 2. The summed E-state index contributed by atoms with van der Waals surface area (Å²) in [5, 5.41) is 6.81. The largest absolute Gasteiger partial charge is 0.573 e. The molecule has 0 saturated heterocycles. The fourth-order valence-electron chi connectivity index (χ4n) is 2.99. The molecule has 0 bridgehead atoms. The number of halogens is 3. The first-order chi connectivity index (χ1) is 17.1. The van der Waals surface area contributed by atoms with Gasteiger partial charge in [0.05, 0.1) is 17.8 Å². The van der Waals surface area contributed by atoms with Crippen molar-refractivity contribution in [3.8, 4) is 11.5 Å². The number of alkyl halides is 3. The van der Waals surface area contributed by atoms with Crippen LogP contribution in [0.3, 0.4) is 0 Å². The third-order valence-corrected chi connectivity index (χ3v) is 5.27. The molecular formula is C25H23F3N4O3S. The first kappa shape index (κ1) is 26.6. The Hall–Kier alpha value is -3.99. The number of aryl methyl sites for hydroxylation is 2. The van der Waals surface area contributed by atoms with Crippen LogP contribution in [0.25, 0.3) is 0 Å². The van der Waals surface area contributed by atoms with Crippen LogP contribution < -0.4 is 19.6 Å². The van der Waals surface area contributed by atoms with Crippen LogP contribution in [0.5, 0.6) is 11.5 Å². The topological polar surface area (TPSA) is 84.3 Å². The van der Waals surface area contributed by atoms with Gasteiger partial charge in [-0.2, -0.15) is 0 Å². The number of hydrogen-bond acceptors (Lipinski definition) is 6. The highest BCUT2D eigenvalue weighted by Gasteiger charge is 2.30. The zero-order chi connectivity index (χ0) is 26.1. The van der Waals surface area contributed by atoms with Gasteiger partial charge in [-0.25, -0.2) is 9.19 Å². The SMILES string of the molecule is C/C(=N/Oc1ccc(/C=N/SNC(=O)Nc2c(C)cccc2C)cc1)c1ccc(OC(F)(F)F)cc1. The number of ether oxygens (including phenoxy) is 1. The van der Waals surface area contributed by atoms with Crippen molar-refractivity contribution >= 4 is 35.8 Å². The van der Waals surface area contributed by atoms with Crippen molar-refractivity contribution in [3.05, 3.63) is 89.0 Å². The summed E-state index contributed by atoms with van der Waals surface area (Å²) in [4.78, 5) is 17.5. The maximum Gasteiger partial charge on any atom is 0.573 e. The zero-order valence-electron chi connectivity index (χ0n) is 19.6. The summed E-state index contributed by atoms with van der Waals surface area (Å²) in [5.41, 5.74) is 4.52. The Kier molecular flexibility index (Phi) is 8.96. The van der Waals surface area contributed by atoms with E-state index in [2.05, 4.69) is 24.3 Å². The quantitative estimate of drug-likeness (QED) is 0.196. The Morgan fingerprint density at radius 1 is 0.944 bits per heavy atom. The molecule has 3 rings (SSSR count). The van der Waals surface area contributed by atoms with Gasteiger partial charge in [0, 0.05) is 11.9 Å². The summed E-state index contributed by atoms with van der Waals surface area (Å²) in [6, 6.07) is 17.6. The predicted molar refractivity (Wildman–Crippen MR) is 136 cm³/mol. The molecule has 0 aromatic heterocycles. The highest BCUT2D eigenvalue weighted by molar-refractivity contribution is 7.96. The minimum absolute atomic E-state index is 0.312. The number of anilines is 1. The molecule has 0 aliphatic heterocycles. The lowest BCUT2D eigenvalue weighted by molar-refractivity contribution is -0.274. The molecule has 0 aliphatic rings. The number of benzene rings is 3. The number of urea groups is 1. The van der Waals surface area contributed by atoms with E-state index in [0.29, 0.717) is 17.0 Å². The average molecular weight is 517 g/mol. The van der Waals surface area contributed by atoms with Crippen molar-refractivity contribution in [2.45, 2.75) is 27.1 Å². The molecule has 2 amide bonds. The molecule has 0 fully saturated rings. The normalized spacial score (nSPS) is 11.9. The van der Waals surface area contributed by atoms with Crippen molar-refractivity contribution in [2.24, 2.45) is 9.55 Å². The molecule has 11 heteroatoms. The van der Waals surface area contributed by atoms with Gasteiger partial charge in [0.2, 0.25) is 0 Å². The first-order valence-corrected chi connectivity index (χ1v) is 11.4. The number of para-hydroxylation sites is 1. The Morgan fingerprint density at radius 3 is 2.17 bits per heavy atom. The van der Waals surface area contributed by atoms with E-state index in [1.807, 2.05) is 32.0 Å². The smallest absolute Gasteiger partial charge is 0.406 e. The minimum atomic E-state index is -4.74. The van der Waals surface area contributed by atoms with E-state index in [9.17, 15) is 18.0 Å². The van der Waals surface area contributed by atoms with Crippen molar-refractivity contribution in [2.75, 3.05) is 5.32 Å². The number of nitrogens with one attached hydrogen (secondary N) is 2. The molecule has 36 heavy (non-hydrogen) atoms. The maximum atomic E-state index is 12.3. The number of hydrogen-bond donors (Lipinski definition) is 2. The molecule has 188 valence electrons. The second-order valence-corrected chi connectivity index (χ2v) is 8.16. The summed E-state index contributed by atoms with van der Waals surface area (Å²) in [5.74, 6) is 0.148. The molecule has 3 aromatic rings. The molecule has 0 unspecified atom stereocenters. The maximum absolute atomic E-state index is 12.3. The molecule has 0 aliphatic carbocycles. The number of nitrogens with zero attached hydrogens (tertiary/aromatic N) is 2. The van der Waals surface area contributed by atoms with Crippen molar-refractivity contribution < 1.29 is 27.5 Å². The Labute approximate surface area is 210 Å². The third-order valence-electron chi connectivity index (χ3n) is 4.79. The van der Waals surface area contributed by atoms with Gasteiger partial charge < -0.3 is 14.9 Å². The standard InChI is InChI=1S/C25H23F3N4O3S/c1-16-5-4-6-17(2)23(16)30-24(33)32-36-29-15-19-7-11-22(12-8-19)35-31-18(3)20-9-13-21(14-10-20)34-25(26,27)28/h4-15H,1-3H3,(H2,30,32,33)/b29-15+,31-18-. The van der Waals surface area contributed by atoms with E-state index >= 15 is 0 Å². The highest BCUT2D eigenvalue weighted by atomic mass is 32.2. The summed E-state index contributed by atoms with van der Waals surface area (Å²) in [6.45, 7) is 5.51. The second kappa shape index (κ2) is 12.1. The number of carbonyl (C=O) groups excluding carboxylic acids is 1. The monoisotopic (exact) mass is 516 g/mol. The predicted octanol–water partition coefficient (Wildman–Crippen LogP) is 6.81. The molecule has 7 nitrogen and oxygen atoms in total. The second-order valence-electron chi connectivity index (χ2n) is 7.56. The highest BCUT2D eigenvalue weighted by Crippen LogP contribution is 2.23. The molecule has 0 saturated carbocycles. The summed E-state index contributed by atoms with van der Waals surface area (Å²) < 4.78 is 47.3. The van der Waals surface area contributed by atoms with Crippen LogP contribution in [0.2, 0.25) is 0 Å². The average Bonchev–Trinajstić information content (AvgIpc) is 2.83. The Morgan fingerprint density at radius 2 is 1.56 bits per heavy atom. The lowest BCUT2D eigenvalue weighted by Gasteiger charge is -2.10. The van der Waals surface area contributed by atoms with Crippen molar-refractivity contribution in [1.29, 1.82) is 0 Å². The lowest BCUT2D eigenvalue weighted by atomic mass is 10.1. The molecule has 2 N–H and O–H groups in total. The van der Waals surface area contributed by atoms with E-state index in [-0.39, 0.29) is 11.8 Å². The molecule has 0 heterocycles. The van der Waals surface area contributed by atoms with Crippen LogP contribution in [0.15, 0.2) is 76.3 Å². The van der Waals surface area contributed by atoms with Gasteiger partial charge in [0.1, 0.15) is 5.75 Å². The van der Waals surface area contributed by atoms with Gasteiger partial charge in [-0.15, -0.1) is 13.2 Å². The first-order valence-electron chi connectivity index (χ1n) is 10.6. The molecule has 0 atom stereocenters. The lowest BCUT2D eigenvalue weighted by Crippen LogP contribution is -2.23.